The predicted octanol–water partition coefficient (Wildman–Crippen LogP) is 4.69. The Bertz CT molecular complexity index is 738. The monoisotopic (exact) mass is 475 g/mol. The molecule has 1 heterocycles. The van der Waals surface area contributed by atoms with Crippen LogP contribution in [-0.2, 0) is 9.53 Å². The van der Waals surface area contributed by atoms with Gasteiger partial charge in [-0.25, -0.2) is 0 Å². The van der Waals surface area contributed by atoms with Gasteiger partial charge >= 0.3 is 0 Å². The van der Waals surface area contributed by atoms with E-state index < -0.39 is 0 Å². The molecular formula is C29H49NO4. The van der Waals surface area contributed by atoms with Crippen molar-refractivity contribution >= 4 is 5.91 Å². The zero-order chi connectivity index (χ0) is 24.1. The summed E-state index contributed by atoms with van der Waals surface area (Å²) in [6.07, 6.45) is 12.4. The number of hydrogen-bond acceptors (Lipinski definition) is 4. The highest BCUT2D eigenvalue weighted by Gasteiger charge is 2.62. The number of amides is 1. The molecule has 0 aromatic heterocycles. The van der Waals surface area contributed by atoms with Crippen LogP contribution in [0.4, 0.5) is 0 Å². The highest BCUT2D eigenvalue weighted by atomic mass is 16.5. The number of hydrogen-bond donors (Lipinski definition) is 3. The van der Waals surface area contributed by atoms with E-state index in [1.807, 2.05) is 0 Å². The molecule has 0 spiro atoms. The third-order valence-electron chi connectivity index (χ3n) is 11.8. The molecule has 0 bridgehead atoms. The van der Waals surface area contributed by atoms with E-state index >= 15 is 0 Å². The fraction of sp³-hybridized carbons (Fsp3) is 0.966. The Kier molecular flexibility index (Phi) is 7.11. The third kappa shape index (κ3) is 4.36. The topological polar surface area (TPSA) is 78.8 Å². The molecule has 0 radical (unpaired) electrons. The average Bonchev–Trinajstić information content (AvgIpc) is 3.44. The molecule has 5 heteroatoms. The van der Waals surface area contributed by atoms with E-state index in [0.29, 0.717) is 48.5 Å². The summed E-state index contributed by atoms with van der Waals surface area (Å²) in [7, 11) is 0. The smallest absolute Gasteiger partial charge is 0.220 e. The zero-order valence-electron chi connectivity index (χ0n) is 21.8. The largest absolute Gasteiger partial charge is 0.393 e. The molecule has 4 aliphatic carbocycles. The number of aliphatic hydroxyl groups excluding tert-OH is 2. The van der Waals surface area contributed by atoms with Gasteiger partial charge < -0.3 is 20.3 Å². The van der Waals surface area contributed by atoms with Crippen molar-refractivity contribution < 1.29 is 19.7 Å². The fourth-order valence-corrected chi connectivity index (χ4v) is 9.86. The van der Waals surface area contributed by atoms with Crippen LogP contribution >= 0.6 is 0 Å². The van der Waals surface area contributed by atoms with Crippen molar-refractivity contribution in [2.75, 3.05) is 13.2 Å². The molecule has 1 amide bonds. The van der Waals surface area contributed by atoms with Gasteiger partial charge in [-0.05, 0) is 117 Å². The second-order valence-electron chi connectivity index (χ2n) is 13.4. The quantitative estimate of drug-likeness (QED) is 0.521. The average molecular weight is 476 g/mol. The molecule has 5 nitrogen and oxygen atoms in total. The minimum Gasteiger partial charge on any atom is -0.393 e. The van der Waals surface area contributed by atoms with Crippen molar-refractivity contribution in [1.82, 2.24) is 5.32 Å². The van der Waals surface area contributed by atoms with Gasteiger partial charge in [0, 0.05) is 19.6 Å². The van der Waals surface area contributed by atoms with E-state index in [9.17, 15) is 15.0 Å². The lowest BCUT2D eigenvalue weighted by Crippen LogP contribution is -2.58. The molecule has 4 saturated carbocycles. The molecule has 0 aromatic carbocycles. The Morgan fingerprint density at radius 3 is 2.56 bits per heavy atom. The van der Waals surface area contributed by atoms with Crippen LogP contribution in [0.25, 0.3) is 0 Å². The molecule has 11 atom stereocenters. The Morgan fingerprint density at radius 2 is 1.79 bits per heavy atom. The van der Waals surface area contributed by atoms with Gasteiger partial charge in [0.15, 0.2) is 0 Å². The Balaban J connectivity index is 1.21. The van der Waals surface area contributed by atoms with E-state index in [2.05, 4.69) is 26.1 Å². The third-order valence-corrected chi connectivity index (χ3v) is 11.8. The number of nitrogens with one attached hydrogen (secondary N) is 1. The van der Waals surface area contributed by atoms with Gasteiger partial charge in [-0.2, -0.15) is 0 Å². The van der Waals surface area contributed by atoms with Crippen LogP contribution < -0.4 is 5.32 Å². The molecule has 5 rings (SSSR count). The maximum absolute atomic E-state index is 12.5. The molecule has 5 fully saturated rings. The first-order valence-electron chi connectivity index (χ1n) is 14.5. The van der Waals surface area contributed by atoms with Gasteiger partial charge in [0.2, 0.25) is 5.91 Å². The SMILES string of the molecule is C[C@H](CCC(=O)NCC1CCCO1)[C@H]1CC[C@H]2[C@@H]3[C@@H](O)C[C@@H]4C[C@H](O)CC[C@]4(C)[C@H]3CC[C@]12C. The van der Waals surface area contributed by atoms with Gasteiger partial charge in [-0.1, -0.05) is 20.8 Å². The predicted molar refractivity (Wildman–Crippen MR) is 133 cm³/mol. The number of carbonyl (C=O) groups excluding carboxylic acids is 1. The van der Waals surface area contributed by atoms with Crippen molar-refractivity contribution in [2.24, 2.45) is 46.3 Å². The summed E-state index contributed by atoms with van der Waals surface area (Å²) in [5, 5.41) is 24.8. The minimum atomic E-state index is -0.212. The first-order chi connectivity index (χ1) is 16.2. The number of carbonyl (C=O) groups is 1. The van der Waals surface area contributed by atoms with Gasteiger partial charge in [-0.3, -0.25) is 4.79 Å². The van der Waals surface area contributed by atoms with Crippen molar-refractivity contribution in [1.29, 1.82) is 0 Å². The van der Waals surface area contributed by atoms with Gasteiger partial charge in [0.05, 0.1) is 18.3 Å². The first kappa shape index (κ1) is 25.0. The number of ether oxygens (including phenoxy) is 1. The van der Waals surface area contributed by atoms with Gasteiger partial charge in [-0.15, -0.1) is 0 Å². The van der Waals surface area contributed by atoms with Crippen LogP contribution in [0, 0.1) is 46.3 Å². The standard InChI is InChI=1S/C29H49NO4/c1-18(6-9-26(33)30-17-21-5-4-14-34-21)22-7-8-23-27-24(11-13-29(22,23)3)28(2)12-10-20(31)15-19(28)16-25(27)32/h18-25,27,31-32H,4-17H2,1-3H3,(H,30,33)/t18-,19+,20-,21?,22-,23+,24+,25+,27+,28+,29-/m1/s1. The lowest BCUT2D eigenvalue weighted by Gasteiger charge is -2.62. The summed E-state index contributed by atoms with van der Waals surface area (Å²) in [5.41, 5.74) is 0.572. The molecule has 1 unspecified atom stereocenters. The molecule has 194 valence electrons. The molecule has 34 heavy (non-hydrogen) atoms. The Labute approximate surface area is 206 Å². The lowest BCUT2D eigenvalue weighted by atomic mass is 9.43. The summed E-state index contributed by atoms with van der Waals surface area (Å²) in [4.78, 5) is 12.5. The van der Waals surface area contributed by atoms with E-state index in [1.54, 1.807) is 0 Å². The van der Waals surface area contributed by atoms with Crippen LogP contribution in [0.15, 0.2) is 0 Å². The molecule has 1 aliphatic heterocycles. The van der Waals surface area contributed by atoms with Gasteiger partial charge in [0.1, 0.15) is 0 Å². The highest BCUT2D eigenvalue weighted by molar-refractivity contribution is 5.75. The van der Waals surface area contributed by atoms with E-state index in [4.69, 9.17) is 4.74 Å². The minimum absolute atomic E-state index is 0.171. The lowest BCUT2D eigenvalue weighted by molar-refractivity contribution is -0.174. The van der Waals surface area contributed by atoms with Gasteiger partial charge in [0.25, 0.3) is 0 Å². The summed E-state index contributed by atoms with van der Waals surface area (Å²) < 4.78 is 5.63. The molecule has 3 N–H and O–H groups in total. The van der Waals surface area contributed by atoms with Crippen molar-refractivity contribution in [3.8, 4) is 0 Å². The number of rotatable bonds is 6. The van der Waals surface area contributed by atoms with E-state index in [1.165, 1.54) is 25.7 Å². The summed E-state index contributed by atoms with van der Waals surface area (Å²) in [5.74, 6) is 3.45. The van der Waals surface area contributed by atoms with Crippen molar-refractivity contribution in [3.05, 3.63) is 0 Å². The van der Waals surface area contributed by atoms with Crippen LogP contribution in [0.2, 0.25) is 0 Å². The normalized spacial score (nSPS) is 49.1. The van der Waals surface area contributed by atoms with Crippen LogP contribution in [0.5, 0.6) is 0 Å². The fourth-order valence-electron chi connectivity index (χ4n) is 9.86. The Morgan fingerprint density at radius 1 is 1.03 bits per heavy atom. The van der Waals surface area contributed by atoms with Crippen LogP contribution in [0.3, 0.4) is 0 Å². The number of aliphatic hydroxyl groups is 2. The van der Waals surface area contributed by atoms with Crippen LogP contribution in [-0.4, -0.2) is 47.6 Å². The van der Waals surface area contributed by atoms with E-state index in [0.717, 1.165) is 51.6 Å². The summed E-state index contributed by atoms with van der Waals surface area (Å²) in [6, 6.07) is 0. The maximum Gasteiger partial charge on any atom is 0.220 e. The summed E-state index contributed by atoms with van der Waals surface area (Å²) in [6.45, 7) is 8.87. The zero-order valence-corrected chi connectivity index (χ0v) is 21.8. The molecule has 1 saturated heterocycles. The second kappa shape index (κ2) is 9.67. The highest BCUT2D eigenvalue weighted by Crippen LogP contribution is 2.68. The van der Waals surface area contributed by atoms with Crippen molar-refractivity contribution in [3.63, 3.8) is 0 Å². The number of fused-ring (bicyclic) bond motifs is 5. The summed E-state index contributed by atoms with van der Waals surface area (Å²) >= 11 is 0. The molecular weight excluding hydrogens is 426 g/mol. The van der Waals surface area contributed by atoms with Crippen molar-refractivity contribution in [2.45, 2.75) is 116 Å². The second-order valence-corrected chi connectivity index (χ2v) is 13.4. The first-order valence-corrected chi connectivity index (χ1v) is 14.5. The Hall–Kier alpha value is -0.650. The van der Waals surface area contributed by atoms with E-state index in [-0.39, 0.29) is 35.0 Å². The van der Waals surface area contributed by atoms with Crippen LogP contribution in [0.1, 0.15) is 97.8 Å². The molecule has 0 aromatic rings. The molecule has 5 aliphatic rings. The maximum atomic E-state index is 12.5.